The monoisotopic (exact) mass is 167 g/mol. The van der Waals surface area contributed by atoms with Gasteiger partial charge in [0.2, 0.25) is 6.08 Å². The molecule has 2 heteroatoms. The lowest BCUT2D eigenvalue weighted by Crippen LogP contribution is -2.17. The van der Waals surface area contributed by atoms with Gasteiger partial charge in [0.25, 0.3) is 0 Å². The molecular formula is C10H17NO. The first kappa shape index (κ1) is 9.47. The van der Waals surface area contributed by atoms with E-state index in [-0.39, 0.29) is 6.04 Å². The number of nitrogens with zero attached hydrogens (tertiary/aromatic N) is 1. The van der Waals surface area contributed by atoms with Gasteiger partial charge in [-0.05, 0) is 18.8 Å². The summed E-state index contributed by atoms with van der Waals surface area (Å²) in [5.74, 6) is 0.811. The molecule has 2 atom stereocenters. The summed E-state index contributed by atoms with van der Waals surface area (Å²) < 4.78 is 0. The number of hydrogen-bond acceptors (Lipinski definition) is 2. The Morgan fingerprint density at radius 1 is 1.50 bits per heavy atom. The van der Waals surface area contributed by atoms with Crippen molar-refractivity contribution < 1.29 is 4.79 Å². The molecule has 2 unspecified atom stereocenters. The zero-order valence-corrected chi connectivity index (χ0v) is 7.75. The van der Waals surface area contributed by atoms with Crippen molar-refractivity contribution in [2.24, 2.45) is 10.9 Å². The summed E-state index contributed by atoms with van der Waals surface area (Å²) in [4.78, 5) is 13.9. The van der Waals surface area contributed by atoms with E-state index in [0.29, 0.717) is 0 Å². The molecule has 0 amide bonds. The van der Waals surface area contributed by atoms with Crippen LogP contribution in [0.3, 0.4) is 0 Å². The van der Waals surface area contributed by atoms with Crippen molar-refractivity contribution in [3.63, 3.8) is 0 Å². The maximum Gasteiger partial charge on any atom is 0.235 e. The van der Waals surface area contributed by atoms with Gasteiger partial charge in [0.05, 0.1) is 6.04 Å². The first-order chi connectivity index (χ1) is 5.86. The second-order valence-electron chi connectivity index (χ2n) is 3.70. The van der Waals surface area contributed by atoms with E-state index in [1.807, 2.05) is 0 Å². The van der Waals surface area contributed by atoms with E-state index >= 15 is 0 Å². The second-order valence-corrected chi connectivity index (χ2v) is 3.70. The highest BCUT2D eigenvalue weighted by atomic mass is 16.1. The van der Waals surface area contributed by atoms with Crippen LogP contribution in [0.1, 0.15) is 45.4 Å². The third-order valence-corrected chi connectivity index (χ3v) is 2.69. The molecule has 0 spiro atoms. The Bertz CT molecular complexity index is 171. The number of isocyanates is 1. The van der Waals surface area contributed by atoms with E-state index < -0.39 is 0 Å². The van der Waals surface area contributed by atoms with Crippen LogP contribution in [0.25, 0.3) is 0 Å². The molecule has 0 aromatic rings. The van der Waals surface area contributed by atoms with E-state index in [1.54, 1.807) is 6.08 Å². The molecule has 0 bridgehead atoms. The minimum atomic E-state index is 0.285. The smallest absolute Gasteiger partial charge is 0.211 e. The van der Waals surface area contributed by atoms with Crippen LogP contribution in [0.15, 0.2) is 4.99 Å². The molecule has 0 aromatic carbocycles. The highest BCUT2D eigenvalue weighted by Gasteiger charge is 2.20. The van der Waals surface area contributed by atoms with Gasteiger partial charge in [0, 0.05) is 0 Å². The van der Waals surface area contributed by atoms with Crippen molar-refractivity contribution in [3.8, 4) is 0 Å². The lowest BCUT2D eigenvalue weighted by molar-refractivity contribution is 0.305. The number of hydrogen-bond donors (Lipinski definition) is 0. The molecule has 1 aliphatic rings. The van der Waals surface area contributed by atoms with Gasteiger partial charge in [0.15, 0.2) is 0 Å². The summed E-state index contributed by atoms with van der Waals surface area (Å²) >= 11 is 0. The van der Waals surface area contributed by atoms with Crippen molar-refractivity contribution in [1.29, 1.82) is 0 Å². The normalized spacial score (nSPS) is 29.4. The van der Waals surface area contributed by atoms with Crippen molar-refractivity contribution in [3.05, 3.63) is 0 Å². The van der Waals surface area contributed by atoms with Crippen molar-refractivity contribution in [2.45, 2.75) is 51.5 Å². The second kappa shape index (κ2) is 5.10. The number of carbonyl (C=O) groups excluding carboxylic acids is 1. The Hall–Kier alpha value is -0.620. The Kier molecular flexibility index (Phi) is 4.02. The Labute approximate surface area is 74.1 Å². The summed E-state index contributed by atoms with van der Waals surface area (Å²) in [6.45, 7) is 2.21. The van der Waals surface area contributed by atoms with E-state index in [2.05, 4.69) is 11.9 Å². The Morgan fingerprint density at radius 2 is 2.33 bits per heavy atom. The van der Waals surface area contributed by atoms with Crippen LogP contribution < -0.4 is 0 Å². The zero-order chi connectivity index (χ0) is 8.81. The van der Waals surface area contributed by atoms with Gasteiger partial charge in [-0.2, -0.15) is 0 Å². The molecule has 68 valence electrons. The molecule has 0 N–H and O–H groups in total. The molecule has 1 fully saturated rings. The molecule has 0 saturated heterocycles. The maximum absolute atomic E-state index is 10.0. The van der Waals surface area contributed by atoms with Crippen LogP contribution in [0.4, 0.5) is 0 Å². The van der Waals surface area contributed by atoms with Crippen molar-refractivity contribution in [2.75, 3.05) is 0 Å². The van der Waals surface area contributed by atoms with Gasteiger partial charge in [0.1, 0.15) is 0 Å². The first-order valence-corrected chi connectivity index (χ1v) is 4.93. The van der Waals surface area contributed by atoms with Crippen LogP contribution in [-0.4, -0.2) is 12.1 Å². The van der Waals surface area contributed by atoms with Crippen LogP contribution in [0.2, 0.25) is 0 Å². The number of rotatable bonds is 3. The molecule has 1 rings (SSSR count). The summed E-state index contributed by atoms with van der Waals surface area (Å²) in [5.41, 5.74) is 0. The molecule has 12 heavy (non-hydrogen) atoms. The molecule has 0 radical (unpaired) electrons. The Morgan fingerprint density at radius 3 is 3.00 bits per heavy atom. The van der Waals surface area contributed by atoms with Crippen LogP contribution in [0.5, 0.6) is 0 Å². The lowest BCUT2D eigenvalue weighted by atomic mass is 9.83. The summed E-state index contributed by atoms with van der Waals surface area (Å²) in [6.07, 6.45) is 9.00. The largest absolute Gasteiger partial charge is 0.235 e. The SMILES string of the molecule is CCCC1CCCC(N=C=O)C1. The Balaban J connectivity index is 2.34. The third kappa shape index (κ3) is 2.78. The highest BCUT2D eigenvalue weighted by molar-refractivity contribution is 5.33. The molecule has 1 aliphatic carbocycles. The third-order valence-electron chi connectivity index (χ3n) is 2.69. The van der Waals surface area contributed by atoms with Crippen LogP contribution in [0, 0.1) is 5.92 Å². The van der Waals surface area contributed by atoms with E-state index in [4.69, 9.17) is 0 Å². The topological polar surface area (TPSA) is 29.4 Å². The molecular weight excluding hydrogens is 150 g/mol. The van der Waals surface area contributed by atoms with Crippen molar-refractivity contribution >= 4 is 6.08 Å². The maximum atomic E-state index is 10.0. The minimum absolute atomic E-state index is 0.285. The number of aliphatic imine (C=N–C) groups is 1. The molecule has 0 aromatic heterocycles. The quantitative estimate of drug-likeness (QED) is 0.469. The van der Waals surface area contributed by atoms with Gasteiger partial charge < -0.3 is 0 Å². The fourth-order valence-corrected chi connectivity index (χ4v) is 2.12. The average Bonchev–Trinajstić information content (AvgIpc) is 2.06. The average molecular weight is 167 g/mol. The highest BCUT2D eigenvalue weighted by Crippen LogP contribution is 2.29. The molecule has 0 aliphatic heterocycles. The molecule has 0 heterocycles. The summed E-state index contributed by atoms with van der Waals surface area (Å²) in [7, 11) is 0. The predicted molar refractivity (Wildman–Crippen MR) is 48.8 cm³/mol. The standard InChI is InChI=1S/C10H17NO/c1-2-4-9-5-3-6-10(7-9)11-8-12/h9-10H,2-7H2,1H3. The lowest BCUT2D eigenvalue weighted by Gasteiger charge is -2.25. The fraction of sp³-hybridized carbons (Fsp3) is 0.900. The van der Waals surface area contributed by atoms with Gasteiger partial charge in [-0.15, -0.1) is 0 Å². The zero-order valence-electron chi connectivity index (χ0n) is 7.75. The molecule has 2 nitrogen and oxygen atoms in total. The fourth-order valence-electron chi connectivity index (χ4n) is 2.12. The predicted octanol–water partition coefficient (Wildman–Crippen LogP) is 2.68. The van der Waals surface area contributed by atoms with Gasteiger partial charge in [-0.3, -0.25) is 0 Å². The van der Waals surface area contributed by atoms with Gasteiger partial charge in [-0.1, -0.05) is 32.6 Å². The first-order valence-electron chi connectivity index (χ1n) is 4.93. The summed E-state index contributed by atoms with van der Waals surface area (Å²) in [6, 6.07) is 0.285. The van der Waals surface area contributed by atoms with Gasteiger partial charge >= 0.3 is 0 Å². The van der Waals surface area contributed by atoms with E-state index in [9.17, 15) is 4.79 Å². The van der Waals surface area contributed by atoms with Crippen molar-refractivity contribution in [1.82, 2.24) is 0 Å². The molecule has 1 saturated carbocycles. The van der Waals surface area contributed by atoms with Crippen LogP contribution >= 0.6 is 0 Å². The van der Waals surface area contributed by atoms with E-state index in [1.165, 1.54) is 25.7 Å². The van der Waals surface area contributed by atoms with Crippen LogP contribution in [-0.2, 0) is 4.79 Å². The summed E-state index contributed by atoms with van der Waals surface area (Å²) in [5, 5.41) is 0. The minimum Gasteiger partial charge on any atom is -0.211 e. The van der Waals surface area contributed by atoms with Gasteiger partial charge in [-0.25, -0.2) is 9.79 Å². The van der Waals surface area contributed by atoms with E-state index in [0.717, 1.165) is 18.8 Å².